The number of likely N-dealkylation sites (N-methyl/N-ethyl adjacent to an activating group) is 1. The van der Waals surface area contributed by atoms with E-state index in [-0.39, 0.29) is 5.57 Å². The molecule has 1 aromatic carbocycles. The van der Waals surface area contributed by atoms with E-state index in [1.807, 2.05) is 6.92 Å². The first-order valence-corrected chi connectivity index (χ1v) is 10.6. The normalized spacial score (nSPS) is 18.1. The fourth-order valence-electron chi connectivity index (χ4n) is 4.05. The van der Waals surface area contributed by atoms with E-state index >= 15 is 0 Å². The standard InChI is InChI=1S/C24H29N3O4/c1-5-26(6-2)13-14-27-21(17-9-11-25-12-10-17)20(23(29)24(27)30)22(28)18-7-8-19(31-4)16(3)15-18/h7-12,15,21,28H,5-6,13-14H2,1-4H3. The highest BCUT2D eigenvalue weighted by Crippen LogP contribution is 2.38. The molecule has 1 unspecified atom stereocenters. The maximum atomic E-state index is 13.4. The molecule has 0 spiro atoms. The molecular weight excluding hydrogens is 394 g/mol. The van der Waals surface area contributed by atoms with Gasteiger partial charge < -0.3 is 19.6 Å². The van der Waals surface area contributed by atoms with Gasteiger partial charge in [0, 0.05) is 18.0 Å². The van der Waals surface area contributed by atoms with E-state index in [2.05, 4.69) is 18.8 Å². The van der Waals surface area contributed by atoms with Gasteiger partial charge in [0.2, 0.25) is 5.78 Å². The van der Waals surface area contributed by atoms with Crippen LogP contribution in [0.5, 0.6) is 5.75 Å². The van der Waals surface area contributed by atoms with Crippen LogP contribution in [0.15, 0.2) is 48.3 Å². The number of carbonyl (C=O) groups excluding carboxylic acids is 2. The molecular formula is C24H29N3O4. The minimum atomic E-state index is -0.727. The largest absolute Gasteiger partial charge is 0.872 e. The number of benzene rings is 1. The SMILES string of the molecule is CC[NH+](CC)CCN1C(=O)C(=O)C(=C([O-])c2ccc(OC)c(C)c2)C1c1ccncc1. The average molecular weight is 424 g/mol. The van der Waals surface area contributed by atoms with Gasteiger partial charge in [-0.2, -0.15) is 0 Å². The lowest BCUT2D eigenvalue weighted by Crippen LogP contribution is -3.12. The number of aromatic nitrogens is 1. The van der Waals surface area contributed by atoms with Crippen LogP contribution < -0.4 is 14.7 Å². The highest BCUT2D eigenvalue weighted by molar-refractivity contribution is 6.46. The first-order valence-electron chi connectivity index (χ1n) is 10.6. The minimum absolute atomic E-state index is 0.00434. The number of ether oxygens (including phenoxy) is 1. The molecule has 1 amide bonds. The van der Waals surface area contributed by atoms with Crippen molar-refractivity contribution in [2.24, 2.45) is 0 Å². The zero-order chi connectivity index (χ0) is 22.5. The molecule has 7 nitrogen and oxygen atoms in total. The molecule has 1 saturated heterocycles. The van der Waals surface area contributed by atoms with Crippen LogP contribution >= 0.6 is 0 Å². The van der Waals surface area contributed by atoms with E-state index in [1.165, 1.54) is 9.80 Å². The first kappa shape index (κ1) is 22.5. The number of amides is 1. The summed E-state index contributed by atoms with van der Waals surface area (Å²) >= 11 is 0. The van der Waals surface area contributed by atoms with Crippen LogP contribution in [0.25, 0.3) is 5.76 Å². The summed E-state index contributed by atoms with van der Waals surface area (Å²) in [6.07, 6.45) is 3.21. The van der Waals surface area contributed by atoms with Gasteiger partial charge >= 0.3 is 0 Å². The minimum Gasteiger partial charge on any atom is -0.872 e. The van der Waals surface area contributed by atoms with Crippen LogP contribution in [0.3, 0.4) is 0 Å². The molecule has 0 aliphatic carbocycles. The molecule has 0 radical (unpaired) electrons. The summed E-state index contributed by atoms with van der Waals surface area (Å²) in [5.74, 6) is -1.12. The van der Waals surface area contributed by atoms with Crippen LogP contribution in [0, 0.1) is 6.92 Å². The summed E-state index contributed by atoms with van der Waals surface area (Å²) < 4.78 is 5.27. The summed E-state index contributed by atoms with van der Waals surface area (Å²) in [4.78, 5) is 32.9. The number of methoxy groups -OCH3 is 1. The van der Waals surface area contributed by atoms with Crippen molar-refractivity contribution < 1.29 is 24.3 Å². The number of hydrogen-bond donors (Lipinski definition) is 1. The van der Waals surface area contributed by atoms with Crippen molar-refractivity contribution in [2.75, 3.05) is 33.3 Å². The van der Waals surface area contributed by atoms with Gasteiger partial charge in [-0.3, -0.25) is 14.6 Å². The number of nitrogens with one attached hydrogen (secondary N) is 1. The van der Waals surface area contributed by atoms with Crippen molar-refractivity contribution in [3.63, 3.8) is 0 Å². The van der Waals surface area contributed by atoms with E-state index in [0.29, 0.717) is 30.0 Å². The Morgan fingerprint density at radius 3 is 2.42 bits per heavy atom. The Hall–Kier alpha value is -3.19. The highest BCUT2D eigenvalue weighted by atomic mass is 16.5. The van der Waals surface area contributed by atoms with Gasteiger partial charge in [0.15, 0.2) is 0 Å². The van der Waals surface area contributed by atoms with E-state index < -0.39 is 23.5 Å². The summed E-state index contributed by atoms with van der Waals surface area (Å²) in [7, 11) is 1.56. The second-order valence-corrected chi connectivity index (χ2v) is 7.65. The number of nitrogens with zero attached hydrogens (tertiary/aromatic N) is 2. The summed E-state index contributed by atoms with van der Waals surface area (Å²) in [5.41, 5.74) is 1.85. The molecule has 3 rings (SSSR count). The number of Topliss-reactive ketones (excluding diaryl/α,β-unsaturated/α-hetero) is 1. The van der Waals surface area contributed by atoms with Gasteiger partial charge in [-0.15, -0.1) is 0 Å². The fourth-order valence-corrected chi connectivity index (χ4v) is 4.05. The number of pyridine rings is 1. The van der Waals surface area contributed by atoms with E-state index in [0.717, 1.165) is 18.7 Å². The van der Waals surface area contributed by atoms with Crippen LogP contribution in [0.2, 0.25) is 0 Å². The predicted molar refractivity (Wildman–Crippen MR) is 115 cm³/mol. The third kappa shape index (κ3) is 4.46. The Morgan fingerprint density at radius 1 is 1.16 bits per heavy atom. The summed E-state index contributed by atoms with van der Waals surface area (Å²) in [6, 6.07) is 7.81. The Kier molecular flexibility index (Phi) is 7.07. The molecule has 2 heterocycles. The first-order chi connectivity index (χ1) is 14.9. The Bertz CT molecular complexity index is 984. The molecule has 0 bridgehead atoms. The highest BCUT2D eigenvalue weighted by Gasteiger charge is 2.44. The van der Waals surface area contributed by atoms with Gasteiger partial charge in [0.05, 0.1) is 39.3 Å². The topological polar surface area (TPSA) is 87.0 Å². The predicted octanol–water partition coefficient (Wildman–Crippen LogP) is 0.547. The molecule has 1 aliphatic heterocycles. The third-order valence-corrected chi connectivity index (χ3v) is 5.91. The number of aryl methyl sites for hydroxylation is 1. The van der Waals surface area contributed by atoms with Crippen molar-refractivity contribution in [3.8, 4) is 5.75 Å². The van der Waals surface area contributed by atoms with Crippen molar-refractivity contribution in [3.05, 3.63) is 65.0 Å². The molecule has 0 saturated carbocycles. The number of rotatable bonds is 8. The van der Waals surface area contributed by atoms with Gasteiger partial charge in [-0.1, -0.05) is 11.8 Å². The molecule has 164 valence electrons. The quantitative estimate of drug-likeness (QED) is 0.381. The van der Waals surface area contributed by atoms with Crippen molar-refractivity contribution >= 4 is 17.4 Å². The lowest BCUT2D eigenvalue weighted by molar-refractivity contribution is -0.895. The number of hydrogen-bond acceptors (Lipinski definition) is 5. The second-order valence-electron chi connectivity index (χ2n) is 7.65. The molecule has 1 N–H and O–H groups in total. The van der Waals surface area contributed by atoms with Crippen molar-refractivity contribution in [2.45, 2.75) is 26.8 Å². The van der Waals surface area contributed by atoms with Crippen LogP contribution in [-0.2, 0) is 9.59 Å². The Balaban J connectivity index is 2.08. The molecule has 2 aromatic rings. The number of quaternary nitrogens is 1. The maximum absolute atomic E-state index is 13.4. The van der Waals surface area contributed by atoms with Gasteiger partial charge in [-0.25, -0.2) is 0 Å². The lowest BCUT2D eigenvalue weighted by Gasteiger charge is -2.28. The number of ketones is 1. The maximum Gasteiger partial charge on any atom is 0.295 e. The Morgan fingerprint density at radius 2 is 1.84 bits per heavy atom. The van der Waals surface area contributed by atoms with Gasteiger partial charge in [0.1, 0.15) is 5.75 Å². The number of carbonyl (C=O) groups is 2. The van der Waals surface area contributed by atoms with Crippen molar-refractivity contribution in [1.82, 2.24) is 9.88 Å². The van der Waals surface area contributed by atoms with E-state index in [4.69, 9.17) is 4.74 Å². The van der Waals surface area contributed by atoms with Crippen LogP contribution in [0.4, 0.5) is 0 Å². The molecule has 1 aliphatic rings. The molecule has 7 heteroatoms. The van der Waals surface area contributed by atoms with Gasteiger partial charge in [0.25, 0.3) is 5.91 Å². The van der Waals surface area contributed by atoms with Gasteiger partial charge in [-0.05, 0) is 61.7 Å². The van der Waals surface area contributed by atoms with E-state index in [1.54, 1.807) is 49.8 Å². The third-order valence-electron chi connectivity index (χ3n) is 5.91. The fraction of sp³-hybridized carbons (Fsp3) is 0.375. The van der Waals surface area contributed by atoms with Crippen molar-refractivity contribution in [1.29, 1.82) is 0 Å². The average Bonchev–Trinajstić information content (AvgIpc) is 3.04. The summed E-state index contributed by atoms with van der Waals surface area (Å²) in [6.45, 7) is 8.96. The molecule has 1 atom stereocenters. The lowest BCUT2D eigenvalue weighted by atomic mass is 9.95. The second kappa shape index (κ2) is 9.75. The zero-order valence-electron chi connectivity index (χ0n) is 18.5. The molecule has 1 fully saturated rings. The number of likely N-dealkylation sites (tertiary alicyclic amines) is 1. The zero-order valence-corrected chi connectivity index (χ0v) is 18.5. The smallest absolute Gasteiger partial charge is 0.295 e. The Labute approximate surface area is 183 Å². The van der Waals surface area contributed by atoms with Crippen LogP contribution in [-0.4, -0.2) is 54.9 Å². The molecule has 31 heavy (non-hydrogen) atoms. The van der Waals surface area contributed by atoms with Crippen LogP contribution in [0.1, 0.15) is 36.6 Å². The van der Waals surface area contributed by atoms with E-state index in [9.17, 15) is 14.7 Å². The molecule has 1 aromatic heterocycles. The monoisotopic (exact) mass is 423 g/mol. The summed E-state index contributed by atoms with van der Waals surface area (Å²) in [5, 5.41) is 13.4.